The van der Waals surface area contributed by atoms with E-state index in [1.807, 2.05) is 0 Å². The maximum atomic E-state index is 12.4. The summed E-state index contributed by atoms with van der Waals surface area (Å²) in [4.78, 5) is 24.6. The summed E-state index contributed by atoms with van der Waals surface area (Å²) in [6, 6.07) is 0. The fourth-order valence-corrected chi connectivity index (χ4v) is 8.60. The summed E-state index contributed by atoms with van der Waals surface area (Å²) >= 11 is 0. The minimum atomic E-state index is -0.788. The Balaban J connectivity index is 3.54. The molecule has 0 saturated carbocycles. The van der Waals surface area contributed by atoms with Crippen LogP contribution in [0, 0.1) is 0 Å². The van der Waals surface area contributed by atoms with Crippen molar-refractivity contribution < 1.29 is 24.2 Å². The molecular formula is C73H118O5. The fraction of sp³-hybridized carbons (Fsp3) is 0.616. The molecule has 0 radical (unpaired) electrons. The van der Waals surface area contributed by atoms with Crippen LogP contribution in [0.25, 0.3) is 0 Å². The molecule has 0 bridgehead atoms. The molecule has 5 nitrogen and oxygen atoms in total. The van der Waals surface area contributed by atoms with Crippen LogP contribution in [0.1, 0.15) is 271 Å². The molecule has 0 amide bonds. The number of rotatable bonds is 57. The summed E-state index contributed by atoms with van der Waals surface area (Å²) < 4.78 is 10.7. The Morgan fingerprint density at radius 1 is 0.295 bits per heavy atom. The van der Waals surface area contributed by atoms with Gasteiger partial charge in [-0.25, -0.2) is 0 Å². The van der Waals surface area contributed by atoms with Crippen LogP contribution in [0.15, 0.2) is 158 Å². The number of aliphatic hydroxyl groups excluding tert-OH is 1. The van der Waals surface area contributed by atoms with Crippen LogP contribution in [0.5, 0.6) is 0 Å². The predicted molar refractivity (Wildman–Crippen MR) is 343 cm³/mol. The third-order valence-corrected chi connectivity index (χ3v) is 13.3. The molecule has 0 aliphatic carbocycles. The second-order valence-electron chi connectivity index (χ2n) is 20.7. The highest BCUT2D eigenvalue weighted by Gasteiger charge is 2.16. The zero-order valence-electron chi connectivity index (χ0n) is 50.4. The van der Waals surface area contributed by atoms with Gasteiger partial charge in [0.05, 0.1) is 6.61 Å². The van der Waals surface area contributed by atoms with Gasteiger partial charge in [0.15, 0.2) is 6.10 Å². The van der Waals surface area contributed by atoms with E-state index in [0.717, 1.165) is 128 Å². The number of carbonyl (C=O) groups is 2. The molecule has 440 valence electrons. The van der Waals surface area contributed by atoms with Crippen molar-refractivity contribution in [3.8, 4) is 0 Å². The van der Waals surface area contributed by atoms with Crippen molar-refractivity contribution in [3.63, 3.8) is 0 Å². The van der Waals surface area contributed by atoms with Crippen LogP contribution < -0.4 is 0 Å². The van der Waals surface area contributed by atoms with Crippen molar-refractivity contribution >= 4 is 11.9 Å². The second-order valence-corrected chi connectivity index (χ2v) is 20.7. The van der Waals surface area contributed by atoms with Gasteiger partial charge in [-0.2, -0.15) is 0 Å². The molecule has 0 aromatic carbocycles. The zero-order chi connectivity index (χ0) is 56.2. The Kier molecular flexibility index (Phi) is 63.0. The first kappa shape index (κ1) is 73.5. The summed E-state index contributed by atoms with van der Waals surface area (Å²) in [7, 11) is 0. The average Bonchev–Trinajstić information content (AvgIpc) is 3.44. The van der Waals surface area contributed by atoms with Crippen molar-refractivity contribution in [2.45, 2.75) is 277 Å². The first-order valence-corrected chi connectivity index (χ1v) is 32.0. The molecule has 0 aliphatic rings. The molecule has 1 N–H and O–H groups in total. The van der Waals surface area contributed by atoms with Crippen molar-refractivity contribution in [3.05, 3.63) is 158 Å². The lowest BCUT2D eigenvalue weighted by molar-refractivity contribution is -0.161. The zero-order valence-corrected chi connectivity index (χ0v) is 50.4. The summed E-state index contributed by atoms with van der Waals surface area (Å²) in [5.74, 6) is -0.604. The van der Waals surface area contributed by atoms with Gasteiger partial charge in [0.25, 0.3) is 0 Å². The highest BCUT2D eigenvalue weighted by Crippen LogP contribution is 2.16. The van der Waals surface area contributed by atoms with Gasteiger partial charge < -0.3 is 14.6 Å². The molecule has 78 heavy (non-hydrogen) atoms. The largest absolute Gasteiger partial charge is 0.462 e. The number of carbonyl (C=O) groups excluding carboxylic acids is 2. The number of hydrogen-bond donors (Lipinski definition) is 1. The second kappa shape index (κ2) is 66.8. The smallest absolute Gasteiger partial charge is 0.306 e. The van der Waals surface area contributed by atoms with Crippen LogP contribution in [0.2, 0.25) is 0 Å². The highest BCUT2D eigenvalue weighted by atomic mass is 16.6. The number of esters is 2. The lowest BCUT2D eigenvalue weighted by atomic mass is 10.0. The first-order chi connectivity index (χ1) is 38.6. The van der Waals surface area contributed by atoms with E-state index in [0.29, 0.717) is 12.8 Å². The van der Waals surface area contributed by atoms with E-state index >= 15 is 0 Å². The molecule has 5 heteroatoms. The third-order valence-electron chi connectivity index (χ3n) is 13.3. The molecule has 0 aliphatic heterocycles. The Labute approximate surface area is 481 Å². The van der Waals surface area contributed by atoms with E-state index in [1.54, 1.807) is 0 Å². The number of aliphatic hydroxyl groups is 1. The maximum absolute atomic E-state index is 12.4. The van der Waals surface area contributed by atoms with Crippen LogP contribution in [-0.4, -0.2) is 36.4 Å². The number of hydrogen-bond acceptors (Lipinski definition) is 5. The molecule has 1 atom stereocenters. The van der Waals surface area contributed by atoms with Gasteiger partial charge in [-0.1, -0.05) is 294 Å². The van der Waals surface area contributed by atoms with Crippen molar-refractivity contribution in [2.24, 2.45) is 0 Å². The third kappa shape index (κ3) is 64.0. The van der Waals surface area contributed by atoms with Crippen LogP contribution in [0.3, 0.4) is 0 Å². The monoisotopic (exact) mass is 1070 g/mol. The molecule has 0 spiro atoms. The van der Waals surface area contributed by atoms with E-state index in [1.165, 1.54) is 116 Å². The molecule has 0 aromatic heterocycles. The Morgan fingerprint density at radius 3 is 0.769 bits per heavy atom. The standard InChI is InChI=1S/C73H118O5/c1-3-5-7-9-11-13-15-17-19-21-23-25-27-29-31-32-33-34-35-36-37-38-39-40-42-44-46-48-50-52-54-56-58-60-62-64-66-68-73(76)78-71(69-74)70-77-72(75)67-65-63-61-59-57-55-53-51-49-47-45-43-41-30-28-26-24-22-20-18-16-14-12-10-8-6-4-2/h5-8,11-14,17-20,23-26,29-31,33-34,36-37,41,45,47,71,74H,3-4,9-10,15-16,21-22,27-28,32,35,38-40,42-44,46,48-70H2,1-2H3/b7-5-,8-6-,13-11-,14-12-,19-17-,20-18-,25-23-,26-24-,31-29-,34-33-,37-36-,41-30-,47-45-. The number of allylic oxidation sites excluding steroid dienone is 26. The SMILES string of the molecule is CC/C=C\C/C=C\C/C=C\C/C=C\C/C=C\C/C=C\C/C=C\CCCCCCCCCCCCCCCCCC(=O)OC(CO)COC(=O)CCCCCCCCCC/C=C\C/C=C\C/C=C\C/C=C\C/C=C\C/C=C\CC. The first-order valence-electron chi connectivity index (χ1n) is 32.0. The topological polar surface area (TPSA) is 72.8 Å². The van der Waals surface area contributed by atoms with Gasteiger partial charge in [0.2, 0.25) is 0 Å². The van der Waals surface area contributed by atoms with Crippen LogP contribution in [0.4, 0.5) is 0 Å². The average molecular weight is 1080 g/mol. The van der Waals surface area contributed by atoms with E-state index < -0.39 is 6.10 Å². The molecule has 0 aromatic rings. The summed E-state index contributed by atoms with van der Waals surface area (Å²) in [6.45, 7) is 3.91. The van der Waals surface area contributed by atoms with Gasteiger partial charge in [0.1, 0.15) is 6.61 Å². The predicted octanol–water partition coefficient (Wildman–Crippen LogP) is 22.3. The van der Waals surface area contributed by atoms with Crippen LogP contribution in [-0.2, 0) is 19.1 Å². The minimum Gasteiger partial charge on any atom is -0.462 e. The van der Waals surface area contributed by atoms with Crippen molar-refractivity contribution in [1.82, 2.24) is 0 Å². The molecule has 0 fully saturated rings. The van der Waals surface area contributed by atoms with E-state index in [2.05, 4.69) is 172 Å². The normalized spacial score (nSPS) is 13.3. The van der Waals surface area contributed by atoms with E-state index in [9.17, 15) is 14.7 Å². The van der Waals surface area contributed by atoms with Crippen molar-refractivity contribution in [2.75, 3.05) is 13.2 Å². The molecule has 0 saturated heterocycles. The van der Waals surface area contributed by atoms with Gasteiger partial charge in [-0.3, -0.25) is 9.59 Å². The number of unbranched alkanes of at least 4 members (excludes halogenated alkanes) is 23. The van der Waals surface area contributed by atoms with Gasteiger partial charge in [0, 0.05) is 12.8 Å². The molecule has 0 heterocycles. The quantitative estimate of drug-likeness (QED) is 0.0373. The Hall–Kier alpha value is -4.48. The Morgan fingerprint density at radius 2 is 0.513 bits per heavy atom. The van der Waals surface area contributed by atoms with Gasteiger partial charge >= 0.3 is 11.9 Å². The summed E-state index contributed by atoms with van der Waals surface area (Å²) in [6.07, 6.45) is 102. The van der Waals surface area contributed by atoms with Gasteiger partial charge in [-0.15, -0.1) is 0 Å². The fourth-order valence-electron chi connectivity index (χ4n) is 8.60. The highest BCUT2D eigenvalue weighted by molar-refractivity contribution is 5.70. The Bertz CT molecular complexity index is 1690. The summed E-state index contributed by atoms with van der Waals surface area (Å²) in [5, 5.41) is 9.69. The van der Waals surface area contributed by atoms with Gasteiger partial charge in [-0.05, 0) is 122 Å². The summed E-state index contributed by atoms with van der Waals surface area (Å²) in [5.41, 5.74) is 0. The molecule has 1 unspecified atom stereocenters. The number of ether oxygens (including phenoxy) is 2. The molecular weight excluding hydrogens is 957 g/mol. The van der Waals surface area contributed by atoms with Crippen LogP contribution >= 0.6 is 0 Å². The van der Waals surface area contributed by atoms with E-state index in [-0.39, 0.29) is 25.2 Å². The lowest BCUT2D eigenvalue weighted by Gasteiger charge is -2.15. The lowest BCUT2D eigenvalue weighted by Crippen LogP contribution is -2.28. The molecule has 0 rings (SSSR count). The van der Waals surface area contributed by atoms with Crippen molar-refractivity contribution in [1.29, 1.82) is 0 Å². The minimum absolute atomic E-state index is 0.0780. The van der Waals surface area contributed by atoms with E-state index in [4.69, 9.17) is 9.47 Å². The maximum Gasteiger partial charge on any atom is 0.306 e.